The Morgan fingerprint density at radius 3 is 2.25 bits per heavy atom. The fraction of sp³-hybridized carbons (Fsp3) is 0.897. The van der Waals surface area contributed by atoms with E-state index in [-0.39, 0.29) is 58.7 Å². The summed E-state index contributed by atoms with van der Waals surface area (Å²) in [7, 11) is 1.40. The number of rotatable bonds is 6. The molecule has 0 aromatic heterocycles. The number of aliphatic hydroxyl groups is 1. The predicted octanol–water partition coefficient (Wildman–Crippen LogP) is 4.82. The maximum absolute atomic E-state index is 12.2. The quantitative estimate of drug-likeness (QED) is 0.407. The molecule has 4 saturated carbocycles. The van der Waals surface area contributed by atoms with Gasteiger partial charge in [-0.3, -0.25) is 14.4 Å². The standard InChI is InChI=1S/C29H46O7/c1-17(7-8-25(32)34-6)29(33)14-11-23-26-22(10-13-28(23,29)5)27(4)12-9-21(35-18(2)30)15-20(27)16-24(26)36-19(3)31/h17,20-24,26,33H,7-16H2,1-6H3/t17-,20+,21-,22+,23+,24+,26-,27+,28+,29+/m1/s1. The molecule has 7 nitrogen and oxygen atoms in total. The van der Waals surface area contributed by atoms with Gasteiger partial charge in [0.2, 0.25) is 0 Å². The molecule has 10 atom stereocenters. The van der Waals surface area contributed by atoms with E-state index in [1.165, 1.54) is 21.0 Å². The molecule has 0 unspecified atom stereocenters. The lowest BCUT2D eigenvalue weighted by atomic mass is 9.43. The molecule has 1 N–H and O–H groups in total. The van der Waals surface area contributed by atoms with Gasteiger partial charge < -0.3 is 19.3 Å². The normalized spacial score (nSPS) is 44.4. The van der Waals surface area contributed by atoms with Crippen LogP contribution < -0.4 is 0 Å². The minimum Gasteiger partial charge on any atom is -0.469 e. The molecule has 0 heterocycles. The SMILES string of the molecule is COC(=O)CC[C@@H](C)[C@@]1(O)CC[C@H]2[C@@H]3[C@@H](OC(C)=O)C[C@@H]4C[C@H](OC(C)=O)CC[C@]4(C)[C@H]3CC[C@@]21C. The average molecular weight is 507 g/mol. The zero-order chi connectivity index (χ0) is 26.5. The average Bonchev–Trinajstić information content (AvgIpc) is 3.09. The van der Waals surface area contributed by atoms with Gasteiger partial charge in [-0.05, 0) is 92.3 Å². The van der Waals surface area contributed by atoms with Crippen molar-refractivity contribution in [2.75, 3.05) is 7.11 Å². The van der Waals surface area contributed by atoms with Gasteiger partial charge in [0.05, 0.1) is 12.7 Å². The first-order chi connectivity index (χ1) is 16.9. The lowest BCUT2D eigenvalue weighted by molar-refractivity contribution is -0.212. The number of esters is 3. The lowest BCUT2D eigenvalue weighted by Crippen LogP contribution is -2.62. The summed E-state index contributed by atoms with van der Waals surface area (Å²) in [6.07, 6.45) is 7.72. The first-order valence-corrected chi connectivity index (χ1v) is 14.0. The summed E-state index contributed by atoms with van der Waals surface area (Å²) < 4.78 is 16.5. The molecule has 0 aromatic carbocycles. The van der Waals surface area contributed by atoms with E-state index in [9.17, 15) is 19.5 Å². The molecule has 204 valence electrons. The van der Waals surface area contributed by atoms with Gasteiger partial charge in [-0.2, -0.15) is 0 Å². The summed E-state index contributed by atoms with van der Waals surface area (Å²) in [6.45, 7) is 9.69. The van der Waals surface area contributed by atoms with Crippen molar-refractivity contribution in [3.8, 4) is 0 Å². The van der Waals surface area contributed by atoms with Gasteiger partial charge in [0.1, 0.15) is 12.2 Å². The van der Waals surface area contributed by atoms with Gasteiger partial charge in [0.25, 0.3) is 0 Å². The van der Waals surface area contributed by atoms with Crippen LogP contribution in [0.2, 0.25) is 0 Å². The summed E-state index contributed by atoms with van der Waals surface area (Å²) >= 11 is 0. The number of ether oxygens (including phenoxy) is 3. The minimum atomic E-state index is -0.859. The van der Waals surface area contributed by atoms with Crippen LogP contribution in [0.3, 0.4) is 0 Å². The zero-order valence-electron chi connectivity index (χ0n) is 23.0. The van der Waals surface area contributed by atoms with Crippen molar-refractivity contribution < 1.29 is 33.7 Å². The molecule has 0 amide bonds. The topological polar surface area (TPSA) is 99.1 Å². The van der Waals surface area contributed by atoms with Crippen molar-refractivity contribution >= 4 is 17.9 Å². The first-order valence-electron chi connectivity index (χ1n) is 14.0. The Hall–Kier alpha value is -1.63. The molecule has 0 bridgehead atoms. The van der Waals surface area contributed by atoms with E-state index < -0.39 is 5.60 Å². The second-order valence-electron chi connectivity index (χ2n) is 12.8. The van der Waals surface area contributed by atoms with Crippen LogP contribution in [-0.4, -0.2) is 47.9 Å². The molecule has 0 aliphatic heterocycles. The van der Waals surface area contributed by atoms with Crippen molar-refractivity contribution in [2.45, 2.75) is 117 Å². The molecule has 0 aromatic rings. The highest BCUT2D eigenvalue weighted by Crippen LogP contribution is 2.69. The second kappa shape index (κ2) is 9.92. The molecular weight excluding hydrogens is 460 g/mol. The number of carbonyl (C=O) groups is 3. The maximum atomic E-state index is 12.2. The van der Waals surface area contributed by atoms with E-state index in [2.05, 4.69) is 20.8 Å². The number of hydrogen-bond donors (Lipinski definition) is 1. The highest BCUT2D eigenvalue weighted by Gasteiger charge is 2.68. The van der Waals surface area contributed by atoms with E-state index in [0.717, 1.165) is 44.9 Å². The molecule has 36 heavy (non-hydrogen) atoms. The lowest BCUT2D eigenvalue weighted by Gasteiger charge is -2.63. The van der Waals surface area contributed by atoms with Crippen molar-refractivity contribution in [3.05, 3.63) is 0 Å². The van der Waals surface area contributed by atoms with Crippen molar-refractivity contribution in [2.24, 2.45) is 40.4 Å². The molecule has 4 aliphatic rings. The Morgan fingerprint density at radius 2 is 1.61 bits per heavy atom. The summed E-state index contributed by atoms with van der Waals surface area (Å²) in [5.74, 6) is 0.474. The number of carbonyl (C=O) groups excluding carboxylic acids is 3. The maximum Gasteiger partial charge on any atom is 0.305 e. The van der Waals surface area contributed by atoms with Gasteiger partial charge in [-0.1, -0.05) is 20.8 Å². The highest BCUT2D eigenvalue weighted by atomic mass is 16.5. The van der Waals surface area contributed by atoms with E-state index in [1.54, 1.807) is 0 Å². The van der Waals surface area contributed by atoms with Gasteiger partial charge >= 0.3 is 17.9 Å². The molecule has 4 rings (SSSR count). The third-order valence-electron chi connectivity index (χ3n) is 11.3. The Morgan fingerprint density at radius 1 is 0.944 bits per heavy atom. The van der Waals surface area contributed by atoms with Crippen LogP contribution in [0.5, 0.6) is 0 Å². The molecule has 7 heteroatoms. The Balaban J connectivity index is 1.61. The molecule has 0 spiro atoms. The number of methoxy groups -OCH3 is 1. The minimum absolute atomic E-state index is 0.0265. The van der Waals surface area contributed by atoms with Crippen LogP contribution in [0, 0.1) is 40.4 Å². The van der Waals surface area contributed by atoms with Crippen molar-refractivity contribution in [1.29, 1.82) is 0 Å². The van der Waals surface area contributed by atoms with Crippen LogP contribution in [0.4, 0.5) is 0 Å². The van der Waals surface area contributed by atoms with E-state index in [1.807, 2.05) is 0 Å². The summed E-state index contributed by atoms with van der Waals surface area (Å²) in [6, 6.07) is 0. The van der Waals surface area contributed by atoms with Crippen LogP contribution in [0.1, 0.15) is 98.8 Å². The van der Waals surface area contributed by atoms with Crippen molar-refractivity contribution in [3.63, 3.8) is 0 Å². The third kappa shape index (κ3) is 4.48. The van der Waals surface area contributed by atoms with E-state index in [4.69, 9.17) is 14.2 Å². The van der Waals surface area contributed by atoms with Crippen molar-refractivity contribution in [1.82, 2.24) is 0 Å². The summed E-state index contributed by atoms with van der Waals surface area (Å²) in [5, 5.41) is 12.2. The van der Waals surface area contributed by atoms with Crippen LogP contribution in [0.25, 0.3) is 0 Å². The fourth-order valence-corrected chi connectivity index (χ4v) is 9.37. The smallest absolute Gasteiger partial charge is 0.305 e. The van der Waals surface area contributed by atoms with E-state index in [0.29, 0.717) is 31.1 Å². The monoisotopic (exact) mass is 506 g/mol. The van der Waals surface area contributed by atoms with Crippen LogP contribution in [-0.2, 0) is 28.6 Å². The predicted molar refractivity (Wildman–Crippen MR) is 134 cm³/mol. The van der Waals surface area contributed by atoms with Crippen LogP contribution in [0.15, 0.2) is 0 Å². The second-order valence-corrected chi connectivity index (χ2v) is 12.8. The van der Waals surface area contributed by atoms with Gasteiger partial charge in [0, 0.05) is 26.2 Å². The number of fused-ring (bicyclic) bond motifs is 5. The molecule has 0 saturated heterocycles. The molecule has 4 aliphatic carbocycles. The molecule has 0 radical (unpaired) electrons. The van der Waals surface area contributed by atoms with Crippen LogP contribution >= 0.6 is 0 Å². The Bertz CT molecular complexity index is 872. The zero-order valence-corrected chi connectivity index (χ0v) is 23.0. The summed E-state index contributed by atoms with van der Waals surface area (Å²) in [5.41, 5.74) is -1.04. The fourth-order valence-electron chi connectivity index (χ4n) is 9.37. The first kappa shape index (κ1) is 27.4. The number of hydrogen-bond acceptors (Lipinski definition) is 7. The Labute approximate surface area is 216 Å². The molecule has 4 fully saturated rings. The third-order valence-corrected chi connectivity index (χ3v) is 11.3. The van der Waals surface area contributed by atoms with E-state index >= 15 is 0 Å². The van der Waals surface area contributed by atoms with Gasteiger partial charge in [-0.25, -0.2) is 0 Å². The Kier molecular flexibility index (Phi) is 7.55. The summed E-state index contributed by atoms with van der Waals surface area (Å²) in [4.78, 5) is 35.7. The largest absolute Gasteiger partial charge is 0.469 e. The molecular formula is C29H46O7. The van der Waals surface area contributed by atoms with Gasteiger partial charge in [0.15, 0.2) is 0 Å². The van der Waals surface area contributed by atoms with Gasteiger partial charge in [-0.15, -0.1) is 0 Å². The highest BCUT2D eigenvalue weighted by molar-refractivity contribution is 5.69.